The third kappa shape index (κ3) is 6.00. The molecule has 0 bridgehead atoms. The highest BCUT2D eigenvalue weighted by Gasteiger charge is 2.16. The van der Waals surface area contributed by atoms with Crippen molar-refractivity contribution in [3.05, 3.63) is 71.7 Å². The van der Waals surface area contributed by atoms with Crippen LogP contribution in [-0.2, 0) is 4.79 Å². The third-order valence-electron chi connectivity index (χ3n) is 6.55. The van der Waals surface area contributed by atoms with Crippen LogP contribution in [0.4, 0.5) is 11.5 Å². The van der Waals surface area contributed by atoms with Gasteiger partial charge in [-0.25, -0.2) is 9.97 Å². The Hall–Kier alpha value is -4.24. The fourth-order valence-electron chi connectivity index (χ4n) is 4.58. The van der Waals surface area contributed by atoms with Crippen molar-refractivity contribution in [2.45, 2.75) is 38.1 Å². The molecule has 2 heterocycles. The van der Waals surface area contributed by atoms with Crippen LogP contribution in [0.15, 0.2) is 66.2 Å². The van der Waals surface area contributed by atoms with E-state index in [2.05, 4.69) is 10.6 Å². The topological polar surface area (TPSA) is 126 Å². The van der Waals surface area contributed by atoms with Crippen molar-refractivity contribution in [1.29, 1.82) is 5.41 Å². The average molecular weight is 527 g/mol. The van der Waals surface area contributed by atoms with E-state index in [-0.39, 0.29) is 18.6 Å². The fraction of sp³-hybridized carbons (Fsp3) is 0.241. The van der Waals surface area contributed by atoms with Crippen molar-refractivity contribution in [1.82, 2.24) is 15.3 Å². The predicted molar refractivity (Wildman–Crippen MR) is 154 cm³/mol. The summed E-state index contributed by atoms with van der Waals surface area (Å²) in [7, 11) is 0. The zero-order valence-electron chi connectivity index (χ0n) is 20.9. The minimum atomic E-state index is -0.0922. The lowest BCUT2D eigenvalue weighted by molar-refractivity contribution is -0.124. The van der Waals surface area contributed by atoms with Crippen molar-refractivity contribution in [2.75, 3.05) is 11.9 Å². The van der Waals surface area contributed by atoms with Crippen molar-refractivity contribution < 1.29 is 9.53 Å². The zero-order chi connectivity index (χ0) is 26.3. The molecule has 0 radical (unpaired) electrons. The molecular formula is C29H30N6O2S. The first kappa shape index (κ1) is 25.4. The van der Waals surface area contributed by atoms with Crippen LogP contribution in [0.25, 0.3) is 27.2 Å². The van der Waals surface area contributed by atoms with Crippen LogP contribution < -0.4 is 21.1 Å². The van der Waals surface area contributed by atoms with Crippen LogP contribution in [0.1, 0.15) is 37.7 Å². The molecule has 1 aliphatic rings. The quantitative estimate of drug-likeness (QED) is 0.202. The summed E-state index contributed by atoms with van der Waals surface area (Å²) in [5, 5.41) is 16.0. The number of allylic oxidation sites excluding steroid dienone is 1. The Bertz CT molecular complexity index is 1460. The number of fused-ring (bicyclic) bond motifs is 1. The maximum Gasteiger partial charge on any atom is 0.258 e. The monoisotopic (exact) mass is 526 g/mol. The van der Waals surface area contributed by atoms with E-state index in [9.17, 15) is 4.79 Å². The summed E-state index contributed by atoms with van der Waals surface area (Å²) in [5.74, 6) is 1.76. The molecule has 2 aromatic carbocycles. The number of hydrogen-bond acceptors (Lipinski definition) is 8. The van der Waals surface area contributed by atoms with Gasteiger partial charge in [0.05, 0.1) is 10.2 Å². The molecule has 194 valence electrons. The minimum Gasteiger partial charge on any atom is -0.484 e. The number of nitrogens with one attached hydrogen (secondary N) is 3. The first-order chi connectivity index (χ1) is 18.6. The number of hydrogen-bond donors (Lipinski definition) is 4. The zero-order valence-corrected chi connectivity index (χ0v) is 21.8. The third-order valence-corrected chi connectivity index (χ3v) is 7.46. The van der Waals surface area contributed by atoms with Gasteiger partial charge in [0.25, 0.3) is 5.91 Å². The maximum absolute atomic E-state index is 12.4. The van der Waals surface area contributed by atoms with Gasteiger partial charge in [0, 0.05) is 35.3 Å². The Kier molecular flexibility index (Phi) is 7.94. The lowest BCUT2D eigenvalue weighted by Crippen LogP contribution is -2.38. The predicted octanol–water partition coefficient (Wildman–Crippen LogP) is 5.88. The summed E-state index contributed by atoms with van der Waals surface area (Å²) in [4.78, 5) is 22.0. The molecule has 1 amide bonds. The first-order valence-electron chi connectivity index (χ1n) is 12.7. The number of anilines is 2. The molecule has 2 aromatic heterocycles. The van der Waals surface area contributed by atoms with Gasteiger partial charge in [0.15, 0.2) is 18.2 Å². The number of rotatable bonds is 9. The molecule has 5 N–H and O–H groups in total. The molecule has 1 aliphatic carbocycles. The van der Waals surface area contributed by atoms with E-state index in [0.717, 1.165) is 39.9 Å². The van der Waals surface area contributed by atoms with E-state index in [0.29, 0.717) is 23.0 Å². The molecule has 8 nitrogen and oxygen atoms in total. The number of amides is 1. The highest BCUT2D eigenvalue weighted by Crippen LogP contribution is 2.32. The standard InChI is InChI=1S/C29H30N6O2S/c30-16-21(17-31)19-9-11-23(12-10-19)33-29-27-25(13-14-38-27)34-28(35-29)20-5-4-8-24(15-20)37-18-26(36)32-22-6-2-1-3-7-22/h4-5,8-17,22,30H,1-3,6-7,18,31H2,(H,32,36)(H,33,34,35)/b21-17+,30-16?. The summed E-state index contributed by atoms with van der Waals surface area (Å²) in [5.41, 5.74) is 9.62. The highest BCUT2D eigenvalue weighted by molar-refractivity contribution is 7.17. The fourth-order valence-corrected chi connectivity index (χ4v) is 5.35. The van der Waals surface area contributed by atoms with Gasteiger partial charge in [-0.2, -0.15) is 0 Å². The van der Waals surface area contributed by atoms with Crippen LogP contribution in [0.2, 0.25) is 0 Å². The molecule has 9 heteroatoms. The second-order valence-electron chi connectivity index (χ2n) is 9.22. The minimum absolute atomic E-state index is 0.0216. The van der Waals surface area contributed by atoms with Gasteiger partial charge >= 0.3 is 0 Å². The van der Waals surface area contributed by atoms with Crippen molar-refractivity contribution in [3.63, 3.8) is 0 Å². The van der Waals surface area contributed by atoms with Gasteiger partial charge in [0.1, 0.15) is 5.75 Å². The van der Waals surface area contributed by atoms with E-state index < -0.39 is 0 Å². The molecule has 0 atom stereocenters. The van der Waals surface area contributed by atoms with Crippen LogP contribution in [0, 0.1) is 5.41 Å². The highest BCUT2D eigenvalue weighted by atomic mass is 32.1. The van der Waals surface area contributed by atoms with Crippen molar-refractivity contribution in [3.8, 4) is 17.1 Å². The second kappa shape index (κ2) is 11.9. The summed E-state index contributed by atoms with van der Waals surface area (Å²) in [6.07, 6.45) is 8.32. The van der Waals surface area contributed by atoms with Crippen molar-refractivity contribution in [2.24, 2.45) is 5.73 Å². The average Bonchev–Trinajstić information content (AvgIpc) is 3.43. The SMILES string of the molecule is N=C/C(=C\N)c1ccc(Nc2nc(-c3cccc(OCC(=O)NC4CCCCC4)c3)nc3ccsc23)cc1. The van der Waals surface area contributed by atoms with E-state index >= 15 is 0 Å². The van der Waals surface area contributed by atoms with E-state index in [4.69, 9.17) is 25.8 Å². The van der Waals surface area contributed by atoms with Gasteiger partial charge in [0.2, 0.25) is 0 Å². The van der Waals surface area contributed by atoms with E-state index in [1.54, 1.807) is 11.3 Å². The molecule has 4 aromatic rings. The maximum atomic E-state index is 12.4. The number of benzene rings is 2. The number of nitrogens with zero attached hydrogens (tertiary/aromatic N) is 2. The normalized spacial score (nSPS) is 14.3. The number of nitrogens with two attached hydrogens (primary N) is 1. The Morgan fingerprint density at radius 1 is 1.11 bits per heavy atom. The second-order valence-corrected chi connectivity index (χ2v) is 10.1. The first-order valence-corrected chi connectivity index (χ1v) is 13.6. The van der Waals surface area contributed by atoms with Crippen LogP contribution in [-0.4, -0.2) is 34.7 Å². The number of aromatic nitrogens is 2. The number of ether oxygens (including phenoxy) is 1. The summed E-state index contributed by atoms with van der Waals surface area (Å²) in [6, 6.07) is 17.4. The van der Waals surface area contributed by atoms with E-state index in [1.165, 1.54) is 31.7 Å². The van der Waals surface area contributed by atoms with Crippen molar-refractivity contribution >= 4 is 50.8 Å². The summed E-state index contributed by atoms with van der Waals surface area (Å²) in [6.45, 7) is -0.0216. The molecule has 5 rings (SSSR count). The van der Waals surface area contributed by atoms with E-state index in [1.807, 2.05) is 60.0 Å². The Labute approximate surface area is 225 Å². The smallest absolute Gasteiger partial charge is 0.258 e. The number of carbonyl (C=O) groups excluding carboxylic acids is 1. The van der Waals surface area contributed by atoms with Gasteiger partial charge in [-0.05, 0) is 54.1 Å². The largest absolute Gasteiger partial charge is 0.484 e. The molecule has 1 saturated carbocycles. The van der Waals surface area contributed by atoms with Gasteiger partial charge in [-0.1, -0.05) is 43.5 Å². The van der Waals surface area contributed by atoms with Gasteiger partial charge in [-0.15, -0.1) is 11.3 Å². The molecule has 0 aliphatic heterocycles. The lowest BCUT2D eigenvalue weighted by atomic mass is 9.95. The molecule has 38 heavy (non-hydrogen) atoms. The Balaban J connectivity index is 1.32. The molecular weight excluding hydrogens is 496 g/mol. The number of thiophene rings is 1. The molecule has 0 spiro atoms. The van der Waals surface area contributed by atoms with Gasteiger partial charge in [-0.3, -0.25) is 4.79 Å². The molecule has 0 saturated heterocycles. The molecule has 1 fully saturated rings. The van der Waals surface area contributed by atoms with Crippen LogP contribution in [0.5, 0.6) is 5.75 Å². The Morgan fingerprint density at radius 2 is 1.92 bits per heavy atom. The number of carbonyl (C=O) groups is 1. The van der Waals surface area contributed by atoms with Gasteiger partial charge < -0.3 is 26.5 Å². The lowest BCUT2D eigenvalue weighted by Gasteiger charge is -2.22. The van der Waals surface area contributed by atoms with Crippen LogP contribution >= 0.6 is 11.3 Å². The van der Waals surface area contributed by atoms with Crippen LogP contribution in [0.3, 0.4) is 0 Å². The molecule has 0 unspecified atom stereocenters. The summed E-state index contributed by atoms with van der Waals surface area (Å²) >= 11 is 1.57. The Morgan fingerprint density at radius 3 is 2.68 bits per heavy atom. The summed E-state index contributed by atoms with van der Waals surface area (Å²) < 4.78 is 6.76.